The molecule has 1 N–H and O–H groups in total. The lowest BCUT2D eigenvalue weighted by Gasteiger charge is -2.28. The first kappa shape index (κ1) is 12.9. The molecule has 1 aromatic rings. The molecule has 0 fully saturated rings. The largest absolute Gasteiger partial charge is 0.444 e. The van der Waals surface area contributed by atoms with Gasteiger partial charge in [0.1, 0.15) is 5.60 Å². The highest BCUT2D eigenvalue weighted by Gasteiger charge is 2.24. The van der Waals surface area contributed by atoms with E-state index in [9.17, 15) is 4.79 Å². The van der Waals surface area contributed by atoms with E-state index in [4.69, 9.17) is 9.47 Å². The number of hydrogen-bond acceptors (Lipinski definition) is 3. The molecule has 0 saturated heterocycles. The molecule has 1 aliphatic rings. The van der Waals surface area contributed by atoms with E-state index in [-0.39, 0.29) is 6.04 Å². The number of benzene rings is 1. The van der Waals surface area contributed by atoms with Crippen LogP contribution in [0.15, 0.2) is 24.3 Å². The van der Waals surface area contributed by atoms with Gasteiger partial charge in [0.05, 0.1) is 19.3 Å². The maximum Gasteiger partial charge on any atom is 0.408 e. The van der Waals surface area contributed by atoms with Crippen molar-refractivity contribution in [2.24, 2.45) is 0 Å². The first-order valence-corrected chi connectivity index (χ1v) is 6.11. The van der Waals surface area contributed by atoms with E-state index < -0.39 is 11.7 Å². The summed E-state index contributed by atoms with van der Waals surface area (Å²) in [7, 11) is 0. The molecule has 1 amide bonds. The van der Waals surface area contributed by atoms with Gasteiger partial charge >= 0.3 is 6.09 Å². The molecular weight excluding hydrogens is 230 g/mol. The summed E-state index contributed by atoms with van der Waals surface area (Å²) in [5, 5.41) is 2.85. The third kappa shape index (κ3) is 3.23. The molecule has 18 heavy (non-hydrogen) atoms. The average Bonchev–Trinajstić information content (AvgIpc) is 2.27. The number of rotatable bonds is 1. The molecule has 0 radical (unpaired) electrons. The summed E-state index contributed by atoms with van der Waals surface area (Å²) in [6.45, 7) is 6.62. The van der Waals surface area contributed by atoms with Crippen molar-refractivity contribution in [1.82, 2.24) is 5.32 Å². The van der Waals surface area contributed by atoms with Gasteiger partial charge in [0.15, 0.2) is 0 Å². The van der Waals surface area contributed by atoms with Crippen LogP contribution in [0.2, 0.25) is 0 Å². The summed E-state index contributed by atoms with van der Waals surface area (Å²) in [6, 6.07) is 7.83. The zero-order valence-electron chi connectivity index (χ0n) is 11.0. The van der Waals surface area contributed by atoms with Gasteiger partial charge in [-0.1, -0.05) is 24.3 Å². The van der Waals surface area contributed by atoms with Crippen molar-refractivity contribution < 1.29 is 14.3 Å². The molecule has 1 aromatic carbocycles. The molecule has 0 unspecified atom stereocenters. The lowest BCUT2D eigenvalue weighted by Crippen LogP contribution is -2.38. The van der Waals surface area contributed by atoms with E-state index in [0.29, 0.717) is 13.2 Å². The Bertz CT molecular complexity index is 437. The third-order valence-corrected chi connectivity index (χ3v) is 2.66. The second kappa shape index (κ2) is 4.98. The van der Waals surface area contributed by atoms with E-state index >= 15 is 0 Å². The SMILES string of the molecule is CC(C)(C)OC(=O)N[C@H]1COCc2ccccc21. The summed E-state index contributed by atoms with van der Waals surface area (Å²) in [5.41, 5.74) is 1.73. The molecule has 0 bridgehead atoms. The van der Waals surface area contributed by atoms with Crippen molar-refractivity contribution in [3.8, 4) is 0 Å². The topological polar surface area (TPSA) is 47.6 Å². The Balaban J connectivity index is 2.05. The van der Waals surface area contributed by atoms with Gasteiger partial charge in [-0.15, -0.1) is 0 Å². The van der Waals surface area contributed by atoms with Crippen LogP contribution in [0.3, 0.4) is 0 Å². The minimum atomic E-state index is -0.487. The first-order valence-electron chi connectivity index (χ1n) is 6.11. The van der Waals surface area contributed by atoms with Crippen molar-refractivity contribution in [3.05, 3.63) is 35.4 Å². The Hall–Kier alpha value is -1.55. The van der Waals surface area contributed by atoms with Crippen LogP contribution in [0.1, 0.15) is 37.9 Å². The summed E-state index contributed by atoms with van der Waals surface area (Å²) in [6.07, 6.45) is -0.409. The van der Waals surface area contributed by atoms with Crippen LogP contribution in [0.4, 0.5) is 4.79 Å². The number of amides is 1. The predicted octanol–water partition coefficient (Wildman–Crippen LogP) is 2.78. The Morgan fingerprint density at radius 1 is 1.39 bits per heavy atom. The maximum atomic E-state index is 11.7. The summed E-state index contributed by atoms with van der Waals surface area (Å²) < 4.78 is 10.7. The number of nitrogens with one attached hydrogen (secondary N) is 1. The predicted molar refractivity (Wildman–Crippen MR) is 68.2 cm³/mol. The molecule has 4 heteroatoms. The second-order valence-electron chi connectivity index (χ2n) is 5.41. The molecule has 0 saturated carbocycles. The number of alkyl carbamates (subject to hydrolysis) is 1. The van der Waals surface area contributed by atoms with Crippen molar-refractivity contribution in [3.63, 3.8) is 0 Å². The third-order valence-electron chi connectivity index (χ3n) is 2.66. The lowest BCUT2D eigenvalue weighted by molar-refractivity contribution is 0.0390. The van der Waals surface area contributed by atoms with Gasteiger partial charge in [-0.3, -0.25) is 0 Å². The van der Waals surface area contributed by atoms with E-state index in [0.717, 1.165) is 11.1 Å². The molecule has 0 spiro atoms. The van der Waals surface area contributed by atoms with E-state index in [1.165, 1.54) is 0 Å². The smallest absolute Gasteiger partial charge is 0.408 e. The molecule has 0 aromatic heterocycles. The Labute approximate surface area is 107 Å². The molecule has 0 aliphatic carbocycles. The number of carbonyl (C=O) groups is 1. The van der Waals surface area contributed by atoms with Crippen LogP contribution in [-0.4, -0.2) is 18.3 Å². The molecular formula is C14H19NO3. The number of carbonyl (C=O) groups excluding carboxylic acids is 1. The lowest BCUT2D eigenvalue weighted by atomic mass is 9.99. The first-order chi connectivity index (χ1) is 8.46. The van der Waals surface area contributed by atoms with Crippen LogP contribution in [0.25, 0.3) is 0 Å². The minimum absolute atomic E-state index is 0.134. The molecule has 4 nitrogen and oxygen atoms in total. The highest BCUT2D eigenvalue weighted by Crippen LogP contribution is 2.24. The van der Waals surface area contributed by atoms with Crippen molar-refractivity contribution in [1.29, 1.82) is 0 Å². The molecule has 98 valence electrons. The fourth-order valence-electron chi connectivity index (χ4n) is 1.95. The Morgan fingerprint density at radius 3 is 2.83 bits per heavy atom. The molecule has 2 rings (SSSR count). The van der Waals surface area contributed by atoms with Crippen molar-refractivity contribution in [2.75, 3.05) is 6.61 Å². The maximum absolute atomic E-state index is 11.7. The Kier molecular flexibility index (Phi) is 3.57. The molecule has 1 aliphatic heterocycles. The van der Waals surface area contributed by atoms with Crippen LogP contribution < -0.4 is 5.32 Å². The average molecular weight is 249 g/mol. The summed E-state index contributed by atoms with van der Waals surface area (Å²) >= 11 is 0. The quantitative estimate of drug-likeness (QED) is 0.832. The normalized spacial score (nSPS) is 18.9. The van der Waals surface area contributed by atoms with Crippen molar-refractivity contribution >= 4 is 6.09 Å². The standard InChI is InChI=1S/C14H19NO3/c1-14(2,3)18-13(16)15-12-9-17-8-10-6-4-5-7-11(10)12/h4-7,12H,8-9H2,1-3H3,(H,15,16)/t12-/m0/s1. The highest BCUT2D eigenvalue weighted by molar-refractivity contribution is 5.68. The van der Waals surface area contributed by atoms with Gasteiger partial charge in [-0.05, 0) is 31.9 Å². The van der Waals surface area contributed by atoms with E-state index in [1.807, 2.05) is 45.0 Å². The van der Waals surface area contributed by atoms with Gasteiger partial charge in [0.25, 0.3) is 0 Å². The van der Waals surface area contributed by atoms with Gasteiger partial charge in [-0.2, -0.15) is 0 Å². The Morgan fingerprint density at radius 2 is 2.11 bits per heavy atom. The second-order valence-corrected chi connectivity index (χ2v) is 5.41. The minimum Gasteiger partial charge on any atom is -0.444 e. The monoisotopic (exact) mass is 249 g/mol. The van der Waals surface area contributed by atoms with Gasteiger partial charge in [-0.25, -0.2) is 4.79 Å². The van der Waals surface area contributed by atoms with E-state index in [1.54, 1.807) is 0 Å². The zero-order valence-corrected chi connectivity index (χ0v) is 11.0. The number of ether oxygens (including phenoxy) is 2. The zero-order chi connectivity index (χ0) is 13.2. The van der Waals surface area contributed by atoms with Crippen LogP contribution in [0.5, 0.6) is 0 Å². The number of fused-ring (bicyclic) bond motifs is 1. The van der Waals surface area contributed by atoms with Gasteiger partial charge < -0.3 is 14.8 Å². The van der Waals surface area contributed by atoms with Crippen LogP contribution in [-0.2, 0) is 16.1 Å². The van der Waals surface area contributed by atoms with Crippen LogP contribution >= 0.6 is 0 Å². The highest BCUT2D eigenvalue weighted by atomic mass is 16.6. The van der Waals surface area contributed by atoms with Gasteiger partial charge in [0.2, 0.25) is 0 Å². The summed E-state index contributed by atoms with van der Waals surface area (Å²) in [5.74, 6) is 0. The van der Waals surface area contributed by atoms with Crippen LogP contribution in [0, 0.1) is 0 Å². The van der Waals surface area contributed by atoms with Crippen molar-refractivity contribution in [2.45, 2.75) is 39.0 Å². The fraction of sp³-hybridized carbons (Fsp3) is 0.500. The summed E-state index contributed by atoms with van der Waals surface area (Å²) in [4.78, 5) is 11.7. The fourth-order valence-corrected chi connectivity index (χ4v) is 1.95. The van der Waals surface area contributed by atoms with Gasteiger partial charge in [0, 0.05) is 0 Å². The van der Waals surface area contributed by atoms with E-state index in [2.05, 4.69) is 5.32 Å². The molecule has 1 heterocycles. The number of hydrogen-bond donors (Lipinski definition) is 1. The molecule has 1 atom stereocenters.